The van der Waals surface area contributed by atoms with E-state index in [9.17, 15) is 13.2 Å². The number of nitrogens with zero attached hydrogens (tertiary/aromatic N) is 1. The first-order valence-electron chi connectivity index (χ1n) is 7.27. The molecule has 0 aliphatic carbocycles. The Bertz CT molecular complexity index is 837. The second kappa shape index (κ2) is 7.68. The molecule has 1 N–H and O–H groups in total. The van der Waals surface area contributed by atoms with Crippen LogP contribution in [0.4, 0.5) is 10.5 Å². The molecule has 24 heavy (non-hydrogen) atoms. The van der Waals surface area contributed by atoms with Crippen LogP contribution in [0.2, 0.25) is 5.02 Å². The summed E-state index contributed by atoms with van der Waals surface area (Å²) in [5, 5.41) is 3.34. The van der Waals surface area contributed by atoms with E-state index in [0.717, 1.165) is 11.8 Å². The van der Waals surface area contributed by atoms with E-state index in [-0.39, 0.29) is 11.8 Å². The van der Waals surface area contributed by atoms with Gasteiger partial charge in [0.2, 0.25) is 0 Å². The standard InChI is InChI=1S/C17H19ClN2O3S/c1-20(11-13-7-3-5-9-15(13)18)17(21)19-16-10-6-4-8-14(16)12-24(2,22)23/h3-10H,11-12H2,1-2H3,(H,19,21). The molecule has 0 unspecified atom stereocenters. The van der Waals surface area contributed by atoms with Crippen molar-refractivity contribution in [2.75, 3.05) is 18.6 Å². The van der Waals surface area contributed by atoms with Crippen LogP contribution in [0.25, 0.3) is 0 Å². The largest absolute Gasteiger partial charge is 0.323 e. The molecule has 0 saturated heterocycles. The summed E-state index contributed by atoms with van der Waals surface area (Å²) in [6.45, 7) is 0.347. The summed E-state index contributed by atoms with van der Waals surface area (Å²) in [5.41, 5.74) is 1.87. The van der Waals surface area contributed by atoms with Crippen LogP contribution < -0.4 is 5.32 Å². The third-order valence-corrected chi connectivity index (χ3v) is 4.59. The Morgan fingerprint density at radius 2 is 1.67 bits per heavy atom. The third kappa shape index (κ3) is 5.25. The molecule has 0 bridgehead atoms. The third-order valence-electron chi connectivity index (χ3n) is 3.39. The number of amides is 2. The Kier molecular flexibility index (Phi) is 5.85. The number of urea groups is 1. The van der Waals surface area contributed by atoms with Crippen molar-refractivity contribution in [3.63, 3.8) is 0 Å². The van der Waals surface area contributed by atoms with Crippen molar-refractivity contribution in [2.24, 2.45) is 0 Å². The normalized spacial score (nSPS) is 11.1. The summed E-state index contributed by atoms with van der Waals surface area (Å²) in [6.07, 6.45) is 1.16. The number of nitrogens with one attached hydrogen (secondary N) is 1. The average molecular weight is 367 g/mol. The molecule has 128 valence electrons. The molecular formula is C17H19ClN2O3S. The quantitative estimate of drug-likeness (QED) is 0.879. The second-order valence-corrected chi connectivity index (χ2v) is 8.15. The van der Waals surface area contributed by atoms with Crippen LogP contribution >= 0.6 is 11.6 Å². The van der Waals surface area contributed by atoms with Gasteiger partial charge in [-0.1, -0.05) is 48.0 Å². The number of hydrogen-bond acceptors (Lipinski definition) is 3. The summed E-state index contributed by atoms with van der Waals surface area (Å²) < 4.78 is 23.0. The van der Waals surface area contributed by atoms with Crippen LogP contribution in [0.1, 0.15) is 11.1 Å². The van der Waals surface area contributed by atoms with Crippen LogP contribution in [0.3, 0.4) is 0 Å². The molecule has 2 aromatic carbocycles. The highest BCUT2D eigenvalue weighted by Gasteiger charge is 2.14. The average Bonchev–Trinajstić information content (AvgIpc) is 2.50. The summed E-state index contributed by atoms with van der Waals surface area (Å²) in [5.74, 6) is -0.127. The van der Waals surface area contributed by atoms with Gasteiger partial charge in [0.05, 0.1) is 5.75 Å². The van der Waals surface area contributed by atoms with Gasteiger partial charge in [0, 0.05) is 30.6 Å². The molecule has 7 heteroatoms. The van der Waals surface area contributed by atoms with Crippen LogP contribution in [0.5, 0.6) is 0 Å². The zero-order valence-corrected chi connectivity index (χ0v) is 15.1. The lowest BCUT2D eigenvalue weighted by Gasteiger charge is -2.20. The zero-order valence-electron chi connectivity index (χ0n) is 13.5. The van der Waals surface area contributed by atoms with Gasteiger partial charge in [0.1, 0.15) is 0 Å². The number of hydrogen-bond donors (Lipinski definition) is 1. The van der Waals surface area contributed by atoms with Crippen molar-refractivity contribution in [1.82, 2.24) is 4.90 Å². The van der Waals surface area contributed by atoms with Gasteiger partial charge in [0.25, 0.3) is 0 Å². The van der Waals surface area contributed by atoms with Gasteiger partial charge in [-0.15, -0.1) is 0 Å². The van der Waals surface area contributed by atoms with Gasteiger partial charge in [0.15, 0.2) is 9.84 Å². The number of carbonyl (C=O) groups excluding carboxylic acids is 1. The van der Waals surface area contributed by atoms with Crippen molar-refractivity contribution in [1.29, 1.82) is 0 Å². The van der Waals surface area contributed by atoms with E-state index < -0.39 is 9.84 Å². The number of para-hydroxylation sites is 1. The molecule has 0 saturated carbocycles. The summed E-state index contributed by atoms with van der Waals surface area (Å²) in [7, 11) is -1.54. The van der Waals surface area contributed by atoms with Crippen LogP contribution in [-0.4, -0.2) is 32.7 Å². The SMILES string of the molecule is CN(Cc1ccccc1Cl)C(=O)Nc1ccccc1CS(C)(=O)=O. The van der Waals surface area contributed by atoms with E-state index in [0.29, 0.717) is 22.8 Å². The van der Waals surface area contributed by atoms with Crippen molar-refractivity contribution in [3.8, 4) is 0 Å². The molecule has 2 amide bonds. The first-order chi connectivity index (χ1) is 11.3. The molecule has 0 aliphatic rings. The van der Waals surface area contributed by atoms with Crippen molar-refractivity contribution >= 4 is 33.2 Å². The lowest BCUT2D eigenvalue weighted by Crippen LogP contribution is -2.31. The zero-order chi connectivity index (χ0) is 17.7. The molecule has 0 aromatic heterocycles. The van der Waals surface area contributed by atoms with E-state index in [1.54, 1.807) is 37.4 Å². The van der Waals surface area contributed by atoms with Gasteiger partial charge < -0.3 is 10.2 Å². The van der Waals surface area contributed by atoms with Crippen molar-refractivity contribution < 1.29 is 13.2 Å². The molecule has 2 aromatic rings. The minimum Gasteiger partial charge on any atom is -0.323 e. The molecule has 0 radical (unpaired) electrons. The van der Waals surface area contributed by atoms with Gasteiger partial charge in [-0.2, -0.15) is 0 Å². The Morgan fingerprint density at radius 3 is 2.29 bits per heavy atom. The van der Waals surface area contributed by atoms with Crippen LogP contribution in [0, 0.1) is 0 Å². The summed E-state index contributed by atoms with van der Waals surface area (Å²) >= 11 is 6.11. The smallest absolute Gasteiger partial charge is 0.321 e. The second-order valence-electron chi connectivity index (χ2n) is 5.60. The number of benzene rings is 2. The maximum absolute atomic E-state index is 12.4. The Morgan fingerprint density at radius 1 is 1.08 bits per heavy atom. The maximum atomic E-state index is 12.4. The highest BCUT2D eigenvalue weighted by Crippen LogP contribution is 2.20. The Labute approximate surface area is 147 Å². The van der Waals surface area contributed by atoms with Crippen molar-refractivity contribution in [3.05, 3.63) is 64.7 Å². The van der Waals surface area contributed by atoms with Crippen molar-refractivity contribution in [2.45, 2.75) is 12.3 Å². The first kappa shape index (κ1) is 18.3. The maximum Gasteiger partial charge on any atom is 0.321 e. The predicted molar refractivity (Wildman–Crippen MR) is 96.9 cm³/mol. The van der Waals surface area contributed by atoms with E-state index in [1.165, 1.54) is 4.90 Å². The van der Waals surface area contributed by atoms with Gasteiger partial charge in [-0.3, -0.25) is 0 Å². The lowest BCUT2D eigenvalue weighted by atomic mass is 10.2. The number of carbonyl (C=O) groups is 1. The Hall–Kier alpha value is -2.05. The molecular weight excluding hydrogens is 348 g/mol. The minimum absolute atomic E-state index is 0.127. The van der Waals surface area contributed by atoms with E-state index >= 15 is 0 Å². The van der Waals surface area contributed by atoms with Crippen LogP contribution in [-0.2, 0) is 22.1 Å². The highest BCUT2D eigenvalue weighted by atomic mass is 35.5. The minimum atomic E-state index is -3.19. The van der Waals surface area contributed by atoms with Gasteiger partial charge >= 0.3 is 6.03 Å². The molecule has 0 spiro atoms. The van der Waals surface area contributed by atoms with Crippen LogP contribution in [0.15, 0.2) is 48.5 Å². The molecule has 0 heterocycles. The monoisotopic (exact) mass is 366 g/mol. The number of sulfone groups is 1. The highest BCUT2D eigenvalue weighted by molar-refractivity contribution is 7.89. The molecule has 2 rings (SSSR count). The van der Waals surface area contributed by atoms with E-state index in [2.05, 4.69) is 5.32 Å². The number of anilines is 1. The summed E-state index contributed by atoms with van der Waals surface area (Å²) in [4.78, 5) is 13.9. The fourth-order valence-corrected chi connectivity index (χ4v) is 3.23. The molecule has 0 fully saturated rings. The Balaban J connectivity index is 2.11. The predicted octanol–water partition coefficient (Wildman–Crippen LogP) is 3.55. The molecule has 5 nitrogen and oxygen atoms in total. The number of rotatable bonds is 5. The number of halogens is 1. The molecule has 0 aliphatic heterocycles. The lowest BCUT2D eigenvalue weighted by molar-refractivity contribution is 0.220. The molecule has 0 atom stereocenters. The topological polar surface area (TPSA) is 66.5 Å². The fourth-order valence-electron chi connectivity index (χ4n) is 2.22. The van der Waals surface area contributed by atoms with E-state index in [4.69, 9.17) is 11.6 Å². The van der Waals surface area contributed by atoms with E-state index in [1.807, 2.05) is 18.2 Å². The van der Waals surface area contributed by atoms with Gasteiger partial charge in [-0.05, 0) is 23.3 Å². The van der Waals surface area contributed by atoms with Gasteiger partial charge in [-0.25, -0.2) is 13.2 Å². The first-order valence-corrected chi connectivity index (χ1v) is 9.71. The fraction of sp³-hybridized carbons (Fsp3) is 0.235. The summed E-state index contributed by atoms with van der Waals surface area (Å²) in [6, 6.07) is 13.8.